The van der Waals surface area contributed by atoms with Gasteiger partial charge in [0.1, 0.15) is 11.6 Å². The molecule has 2 N–H and O–H groups in total. The molecule has 2 aromatic heterocycles. The summed E-state index contributed by atoms with van der Waals surface area (Å²) in [6.45, 7) is 0. The average Bonchev–Trinajstić information content (AvgIpc) is 2.64. The largest absolute Gasteiger partial charge is 0.383 e. The molecular weight excluding hydrogens is 309 g/mol. The SMILES string of the molecule is Nc1nc(Cc2cccs2)ncc1I. The van der Waals surface area contributed by atoms with E-state index in [1.54, 1.807) is 17.5 Å². The highest BCUT2D eigenvalue weighted by atomic mass is 127. The van der Waals surface area contributed by atoms with Crippen LogP contribution in [0.3, 0.4) is 0 Å². The van der Waals surface area contributed by atoms with Gasteiger partial charge in [0.2, 0.25) is 0 Å². The Morgan fingerprint density at radius 2 is 2.36 bits per heavy atom. The van der Waals surface area contributed by atoms with E-state index in [4.69, 9.17) is 5.73 Å². The van der Waals surface area contributed by atoms with Gasteiger partial charge in [-0.25, -0.2) is 9.97 Å². The molecule has 0 radical (unpaired) electrons. The second-order valence-corrected chi connectivity index (χ2v) is 4.97. The first-order chi connectivity index (χ1) is 6.75. The molecule has 0 atom stereocenters. The van der Waals surface area contributed by atoms with Gasteiger partial charge in [0.25, 0.3) is 0 Å². The molecule has 0 saturated heterocycles. The van der Waals surface area contributed by atoms with Crippen LogP contribution in [-0.4, -0.2) is 9.97 Å². The molecule has 72 valence electrons. The maximum Gasteiger partial charge on any atom is 0.140 e. The van der Waals surface area contributed by atoms with E-state index in [1.807, 2.05) is 11.4 Å². The molecule has 3 nitrogen and oxygen atoms in total. The van der Waals surface area contributed by atoms with Crippen LogP contribution in [0, 0.1) is 3.57 Å². The van der Waals surface area contributed by atoms with E-state index in [2.05, 4.69) is 38.6 Å². The Morgan fingerprint density at radius 1 is 1.50 bits per heavy atom. The Hall–Kier alpha value is -0.690. The third kappa shape index (κ3) is 2.21. The molecule has 0 amide bonds. The molecule has 0 aliphatic heterocycles. The summed E-state index contributed by atoms with van der Waals surface area (Å²) in [6, 6.07) is 4.10. The number of nitrogens with zero attached hydrogens (tertiary/aromatic N) is 2. The van der Waals surface area contributed by atoms with Gasteiger partial charge in [-0.05, 0) is 34.0 Å². The molecule has 14 heavy (non-hydrogen) atoms. The van der Waals surface area contributed by atoms with Gasteiger partial charge in [-0.1, -0.05) is 6.07 Å². The predicted molar refractivity (Wildman–Crippen MR) is 66.3 cm³/mol. The molecule has 2 heterocycles. The van der Waals surface area contributed by atoms with Gasteiger partial charge in [0, 0.05) is 17.5 Å². The van der Waals surface area contributed by atoms with Crippen molar-refractivity contribution in [2.24, 2.45) is 0 Å². The zero-order valence-corrected chi connectivity index (χ0v) is 10.2. The fourth-order valence-corrected chi connectivity index (χ4v) is 2.03. The molecule has 2 rings (SSSR count). The van der Waals surface area contributed by atoms with Crippen LogP contribution in [0.5, 0.6) is 0 Å². The minimum atomic E-state index is 0.562. The van der Waals surface area contributed by atoms with Gasteiger partial charge >= 0.3 is 0 Å². The van der Waals surface area contributed by atoms with E-state index in [0.717, 1.165) is 15.8 Å². The van der Waals surface area contributed by atoms with Crippen molar-refractivity contribution >= 4 is 39.7 Å². The number of nitrogens with two attached hydrogens (primary N) is 1. The average molecular weight is 317 g/mol. The highest BCUT2D eigenvalue weighted by molar-refractivity contribution is 14.1. The summed E-state index contributed by atoms with van der Waals surface area (Å²) in [5, 5.41) is 2.05. The van der Waals surface area contributed by atoms with Crippen molar-refractivity contribution in [2.45, 2.75) is 6.42 Å². The lowest BCUT2D eigenvalue weighted by atomic mass is 10.3. The van der Waals surface area contributed by atoms with Crippen molar-refractivity contribution in [1.82, 2.24) is 9.97 Å². The second kappa shape index (κ2) is 4.22. The van der Waals surface area contributed by atoms with Crippen molar-refractivity contribution < 1.29 is 0 Å². The molecule has 0 bridgehead atoms. The van der Waals surface area contributed by atoms with Crippen molar-refractivity contribution in [3.05, 3.63) is 38.0 Å². The zero-order chi connectivity index (χ0) is 9.97. The van der Waals surface area contributed by atoms with E-state index in [-0.39, 0.29) is 0 Å². The van der Waals surface area contributed by atoms with Crippen molar-refractivity contribution in [3.63, 3.8) is 0 Å². The first kappa shape index (κ1) is 9.85. The molecule has 0 fully saturated rings. The first-order valence-electron chi connectivity index (χ1n) is 4.05. The van der Waals surface area contributed by atoms with Gasteiger partial charge in [-0.3, -0.25) is 0 Å². The second-order valence-electron chi connectivity index (χ2n) is 2.78. The maximum absolute atomic E-state index is 5.69. The molecule has 0 aromatic carbocycles. The monoisotopic (exact) mass is 317 g/mol. The Balaban J connectivity index is 2.22. The van der Waals surface area contributed by atoms with Crippen LogP contribution < -0.4 is 5.73 Å². The first-order valence-corrected chi connectivity index (χ1v) is 6.01. The van der Waals surface area contributed by atoms with Crippen molar-refractivity contribution in [1.29, 1.82) is 0 Å². The third-order valence-electron chi connectivity index (χ3n) is 1.73. The summed E-state index contributed by atoms with van der Waals surface area (Å²) in [5.41, 5.74) is 5.69. The summed E-state index contributed by atoms with van der Waals surface area (Å²) >= 11 is 3.83. The van der Waals surface area contributed by atoms with Crippen LogP contribution in [0.1, 0.15) is 10.7 Å². The number of thiophene rings is 1. The van der Waals surface area contributed by atoms with E-state index in [0.29, 0.717) is 5.82 Å². The van der Waals surface area contributed by atoms with E-state index < -0.39 is 0 Å². The molecule has 2 aromatic rings. The summed E-state index contributed by atoms with van der Waals surface area (Å²) in [4.78, 5) is 9.69. The molecule has 0 unspecified atom stereocenters. The van der Waals surface area contributed by atoms with Crippen LogP contribution in [0.4, 0.5) is 5.82 Å². The number of nitrogen functional groups attached to an aromatic ring is 1. The minimum absolute atomic E-state index is 0.562. The number of hydrogen-bond donors (Lipinski definition) is 1. The lowest BCUT2D eigenvalue weighted by Gasteiger charge is -2.00. The van der Waals surface area contributed by atoms with Crippen LogP contribution in [-0.2, 0) is 6.42 Å². The standard InChI is InChI=1S/C9H8IN3S/c10-7-5-12-8(13-9(7)11)4-6-2-1-3-14-6/h1-3,5H,4H2,(H2,11,12,13). The predicted octanol–water partition coefficient (Wildman–Crippen LogP) is 2.32. The van der Waals surface area contributed by atoms with Gasteiger partial charge in [0.05, 0.1) is 3.57 Å². The third-order valence-corrected chi connectivity index (χ3v) is 3.44. The topological polar surface area (TPSA) is 51.8 Å². The lowest BCUT2D eigenvalue weighted by Crippen LogP contribution is -2.01. The van der Waals surface area contributed by atoms with E-state index in [9.17, 15) is 0 Å². The normalized spacial score (nSPS) is 10.4. The van der Waals surface area contributed by atoms with Crippen LogP contribution in [0.15, 0.2) is 23.7 Å². The van der Waals surface area contributed by atoms with E-state index in [1.165, 1.54) is 4.88 Å². The van der Waals surface area contributed by atoms with Gasteiger partial charge < -0.3 is 5.73 Å². The lowest BCUT2D eigenvalue weighted by molar-refractivity contribution is 0.980. The number of hydrogen-bond acceptors (Lipinski definition) is 4. The van der Waals surface area contributed by atoms with Gasteiger partial charge in [-0.15, -0.1) is 11.3 Å². The van der Waals surface area contributed by atoms with Crippen molar-refractivity contribution in [2.75, 3.05) is 5.73 Å². The van der Waals surface area contributed by atoms with Gasteiger partial charge in [0.15, 0.2) is 0 Å². The number of halogens is 1. The Labute approximate surface area is 99.5 Å². The molecule has 5 heteroatoms. The number of anilines is 1. The Morgan fingerprint density at radius 3 is 3.00 bits per heavy atom. The Kier molecular flexibility index (Phi) is 2.97. The van der Waals surface area contributed by atoms with Crippen molar-refractivity contribution in [3.8, 4) is 0 Å². The van der Waals surface area contributed by atoms with E-state index >= 15 is 0 Å². The summed E-state index contributed by atoms with van der Waals surface area (Å²) < 4.78 is 0.900. The highest BCUT2D eigenvalue weighted by Gasteiger charge is 2.03. The smallest absolute Gasteiger partial charge is 0.140 e. The minimum Gasteiger partial charge on any atom is -0.383 e. The van der Waals surface area contributed by atoms with Crippen LogP contribution >= 0.6 is 33.9 Å². The molecule has 0 saturated carbocycles. The number of aromatic nitrogens is 2. The fraction of sp³-hybridized carbons (Fsp3) is 0.111. The summed E-state index contributed by atoms with van der Waals surface area (Å²) in [6.07, 6.45) is 2.52. The van der Waals surface area contributed by atoms with Gasteiger partial charge in [-0.2, -0.15) is 0 Å². The number of rotatable bonds is 2. The van der Waals surface area contributed by atoms with Crippen LogP contribution in [0.25, 0.3) is 0 Å². The molecule has 0 aliphatic rings. The quantitative estimate of drug-likeness (QED) is 0.865. The molecule has 0 spiro atoms. The summed E-state index contributed by atoms with van der Waals surface area (Å²) in [7, 11) is 0. The highest BCUT2D eigenvalue weighted by Crippen LogP contribution is 2.15. The molecule has 0 aliphatic carbocycles. The van der Waals surface area contributed by atoms with Crippen LogP contribution in [0.2, 0.25) is 0 Å². The Bertz CT molecular complexity index is 428. The summed E-state index contributed by atoms with van der Waals surface area (Å²) in [5.74, 6) is 1.34. The zero-order valence-electron chi connectivity index (χ0n) is 7.27. The maximum atomic E-state index is 5.69. The fourth-order valence-electron chi connectivity index (χ4n) is 1.07. The molecular formula is C9H8IN3S.